The summed E-state index contributed by atoms with van der Waals surface area (Å²) in [6, 6.07) is 10.8. The van der Waals surface area contributed by atoms with Crippen LogP contribution < -0.4 is 4.74 Å². The summed E-state index contributed by atoms with van der Waals surface area (Å²) in [5, 5.41) is 0. The van der Waals surface area contributed by atoms with Crippen LogP contribution in [0.4, 0.5) is 0 Å². The van der Waals surface area contributed by atoms with Crippen LogP contribution in [0.25, 0.3) is 0 Å². The van der Waals surface area contributed by atoms with Crippen molar-refractivity contribution < 1.29 is 9.53 Å². The highest BCUT2D eigenvalue weighted by Crippen LogP contribution is 2.35. The van der Waals surface area contributed by atoms with Crippen molar-refractivity contribution in [1.82, 2.24) is 4.90 Å². The monoisotopic (exact) mass is 363 g/mol. The van der Waals surface area contributed by atoms with Gasteiger partial charge in [0.15, 0.2) is 0 Å². The zero-order valence-electron chi connectivity index (χ0n) is 16.7. The fourth-order valence-corrected chi connectivity index (χ4v) is 4.66. The Kier molecular flexibility index (Phi) is 4.94. The van der Waals surface area contributed by atoms with Gasteiger partial charge in [-0.25, -0.2) is 0 Å². The fourth-order valence-electron chi connectivity index (χ4n) is 4.66. The zero-order valence-corrected chi connectivity index (χ0v) is 16.7. The molecule has 0 spiro atoms. The summed E-state index contributed by atoms with van der Waals surface area (Å²) in [6.07, 6.45) is 7.00. The molecule has 0 radical (unpaired) electrons. The molecule has 1 saturated carbocycles. The maximum absolute atomic E-state index is 13.2. The molecule has 0 N–H and O–H groups in total. The predicted octanol–water partition coefficient (Wildman–Crippen LogP) is 5.19. The lowest BCUT2D eigenvalue weighted by atomic mass is 9.91. The molecule has 142 valence electrons. The zero-order chi connectivity index (χ0) is 19.0. The summed E-state index contributed by atoms with van der Waals surface area (Å²) in [4.78, 5) is 15.3. The van der Waals surface area contributed by atoms with E-state index in [2.05, 4.69) is 36.9 Å². The van der Waals surface area contributed by atoms with Crippen LogP contribution in [0, 0.1) is 13.8 Å². The van der Waals surface area contributed by atoms with Crippen LogP contribution in [0.3, 0.4) is 0 Å². The fraction of sp³-hybridized carbons (Fsp3) is 0.458. The number of nitrogens with zero attached hydrogens (tertiary/aromatic N) is 1. The van der Waals surface area contributed by atoms with Crippen molar-refractivity contribution in [3.63, 3.8) is 0 Å². The lowest BCUT2D eigenvalue weighted by Crippen LogP contribution is -2.36. The van der Waals surface area contributed by atoms with E-state index in [1.807, 2.05) is 12.1 Å². The standard InChI is InChI=1S/C24H29NO2/c1-16-17(2)23-15-25(20-7-5-4-6-8-20)24(26)22(23)14-19(16)13-18-9-11-21(27-3)12-10-18/h9-12,14,20H,4-8,13,15H2,1-3H3. The summed E-state index contributed by atoms with van der Waals surface area (Å²) in [7, 11) is 1.69. The van der Waals surface area contributed by atoms with E-state index < -0.39 is 0 Å². The largest absolute Gasteiger partial charge is 0.497 e. The van der Waals surface area contributed by atoms with Crippen LogP contribution in [0.1, 0.15) is 70.3 Å². The molecule has 27 heavy (non-hydrogen) atoms. The second kappa shape index (κ2) is 7.38. The Labute approximate surface area is 162 Å². The van der Waals surface area contributed by atoms with E-state index >= 15 is 0 Å². The van der Waals surface area contributed by atoms with Gasteiger partial charge in [-0.3, -0.25) is 4.79 Å². The molecule has 1 aliphatic heterocycles. The first-order valence-electron chi connectivity index (χ1n) is 10.1. The maximum Gasteiger partial charge on any atom is 0.254 e. The highest BCUT2D eigenvalue weighted by atomic mass is 16.5. The van der Waals surface area contributed by atoms with Crippen molar-refractivity contribution in [2.24, 2.45) is 0 Å². The van der Waals surface area contributed by atoms with E-state index in [1.165, 1.54) is 47.1 Å². The number of fused-ring (bicyclic) bond motifs is 1. The lowest BCUT2D eigenvalue weighted by Gasteiger charge is -2.30. The number of rotatable bonds is 4. The summed E-state index contributed by atoms with van der Waals surface area (Å²) in [5.74, 6) is 1.12. The first kappa shape index (κ1) is 18.1. The second-order valence-electron chi connectivity index (χ2n) is 8.06. The van der Waals surface area contributed by atoms with Crippen molar-refractivity contribution in [3.8, 4) is 5.75 Å². The van der Waals surface area contributed by atoms with E-state index in [9.17, 15) is 4.79 Å². The maximum atomic E-state index is 13.2. The Bertz CT molecular complexity index is 848. The van der Waals surface area contributed by atoms with E-state index in [0.29, 0.717) is 6.04 Å². The molecular weight excluding hydrogens is 334 g/mol. The first-order chi connectivity index (χ1) is 13.1. The average molecular weight is 364 g/mol. The van der Waals surface area contributed by atoms with Gasteiger partial charge < -0.3 is 9.64 Å². The Balaban J connectivity index is 1.62. The molecule has 3 heteroatoms. The van der Waals surface area contributed by atoms with Crippen molar-refractivity contribution in [2.45, 2.75) is 65.0 Å². The van der Waals surface area contributed by atoms with E-state index in [4.69, 9.17) is 4.74 Å². The molecule has 2 aromatic rings. The van der Waals surface area contributed by atoms with Crippen LogP contribution in [-0.4, -0.2) is 24.0 Å². The molecule has 0 aromatic heterocycles. The SMILES string of the molecule is COc1ccc(Cc2cc3c(c(C)c2C)CN(C2CCCCC2)C3=O)cc1. The smallest absolute Gasteiger partial charge is 0.254 e. The first-order valence-corrected chi connectivity index (χ1v) is 10.1. The van der Waals surface area contributed by atoms with Crippen LogP contribution in [0.2, 0.25) is 0 Å². The molecule has 0 saturated heterocycles. The molecule has 2 aliphatic rings. The van der Waals surface area contributed by atoms with Gasteiger partial charge in [0, 0.05) is 18.2 Å². The molecule has 0 unspecified atom stereocenters. The van der Waals surface area contributed by atoms with Gasteiger partial charge in [-0.05, 0) is 79.1 Å². The number of methoxy groups -OCH3 is 1. The quantitative estimate of drug-likeness (QED) is 0.748. The summed E-state index contributed by atoms with van der Waals surface area (Å²) >= 11 is 0. The molecule has 1 aliphatic carbocycles. The van der Waals surface area contributed by atoms with Gasteiger partial charge >= 0.3 is 0 Å². The second-order valence-corrected chi connectivity index (χ2v) is 8.06. The number of amides is 1. The Morgan fingerprint density at radius 3 is 2.41 bits per heavy atom. The minimum absolute atomic E-state index is 0.246. The minimum atomic E-state index is 0.246. The predicted molar refractivity (Wildman–Crippen MR) is 108 cm³/mol. The normalized spacial score (nSPS) is 17.3. The number of carbonyl (C=O) groups is 1. The molecule has 1 amide bonds. The lowest BCUT2D eigenvalue weighted by molar-refractivity contribution is 0.0660. The third-order valence-electron chi connectivity index (χ3n) is 6.53. The van der Waals surface area contributed by atoms with Crippen LogP contribution >= 0.6 is 0 Å². The van der Waals surface area contributed by atoms with Gasteiger partial charge in [0.05, 0.1) is 7.11 Å². The molecule has 0 atom stereocenters. The molecule has 1 fully saturated rings. The Hall–Kier alpha value is -2.29. The topological polar surface area (TPSA) is 29.5 Å². The molecule has 2 aromatic carbocycles. The highest BCUT2D eigenvalue weighted by Gasteiger charge is 2.35. The Morgan fingerprint density at radius 1 is 1.04 bits per heavy atom. The molecule has 1 heterocycles. The van der Waals surface area contributed by atoms with Crippen LogP contribution in [0.5, 0.6) is 5.75 Å². The van der Waals surface area contributed by atoms with Crippen LogP contribution in [0.15, 0.2) is 30.3 Å². The number of hydrogen-bond acceptors (Lipinski definition) is 2. The van der Waals surface area contributed by atoms with Crippen molar-refractivity contribution >= 4 is 5.91 Å². The van der Waals surface area contributed by atoms with Gasteiger partial charge in [-0.1, -0.05) is 31.4 Å². The summed E-state index contributed by atoms with van der Waals surface area (Å²) in [5.41, 5.74) is 7.31. The van der Waals surface area contributed by atoms with Crippen molar-refractivity contribution in [1.29, 1.82) is 0 Å². The summed E-state index contributed by atoms with van der Waals surface area (Å²) in [6.45, 7) is 5.18. The number of hydrogen-bond donors (Lipinski definition) is 0. The van der Waals surface area contributed by atoms with Gasteiger partial charge in [-0.15, -0.1) is 0 Å². The third-order valence-corrected chi connectivity index (χ3v) is 6.53. The van der Waals surface area contributed by atoms with Crippen molar-refractivity contribution in [3.05, 3.63) is 63.7 Å². The molecule has 3 nitrogen and oxygen atoms in total. The Morgan fingerprint density at radius 2 is 1.74 bits per heavy atom. The van der Waals surface area contributed by atoms with E-state index in [1.54, 1.807) is 7.11 Å². The molecule has 4 rings (SSSR count). The minimum Gasteiger partial charge on any atom is -0.497 e. The molecule has 0 bridgehead atoms. The third kappa shape index (κ3) is 3.36. The van der Waals surface area contributed by atoms with Gasteiger partial charge in [0.1, 0.15) is 5.75 Å². The van der Waals surface area contributed by atoms with E-state index in [0.717, 1.165) is 37.1 Å². The number of carbonyl (C=O) groups excluding carboxylic acids is 1. The average Bonchev–Trinajstić information content (AvgIpc) is 3.04. The highest BCUT2D eigenvalue weighted by molar-refractivity contribution is 5.99. The number of ether oxygens (including phenoxy) is 1. The van der Waals surface area contributed by atoms with Gasteiger partial charge in [0.25, 0.3) is 5.91 Å². The molecular formula is C24H29NO2. The van der Waals surface area contributed by atoms with Crippen molar-refractivity contribution in [2.75, 3.05) is 7.11 Å². The number of benzene rings is 2. The van der Waals surface area contributed by atoms with E-state index in [-0.39, 0.29) is 5.91 Å². The van der Waals surface area contributed by atoms with Gasteiger partial charge in [0.2, 0.25) is 0 Å². The van der Waals surface area contributed by atoms with Crippen LogP contribution in [-0.2, 0) is 13.0 Å². The van der Waals surface area contributed by atoms with Gasteiger partial charge in [-0.2, -0.15) is 0 Å². The summed E-state index contributed by atoms with van der Waals surface area (Å²) < 4.78 is 5.26.